The second kappa shape index (κ2) is 6.86. The monoisotopic (exact) mass is 309 g/mol. The summed E-state index contributed by atoms with van der Waals surface area (Å²) in [6.07, 6.45) is 4.59. The van der Waals surface area contributed by atoms with Crippen molar-refractivity contribution in [2.24, 2.45) is 0 Å². The minimum Gasteiger partial charge on any atom is -0.483 e. The predicted octanol–water partition coefficient (Wildman–Crippen LogP) is 4.20. The molecular formula is C20H23NO2. The van der Waals surface area contributed by atoms with Crippen molar-refractivity contribution in [3.63, 3.8) is 0 Å². The van der Waals surface area contributed by atoms with Crippen molar-refractivity contribution in [3.8, 4) is 5.75 Å². The molecule has 1 N–H and O–H groups in total. The van der Waals surface area contributed by atoms with E-state index < -0.39 is 0 Å². The van der Waals surface area contributed by atoms with Crippen LogP contribution in [0.2, 0.25) is 0 Å². The van der Waals surface area contributed by atoms with Crippen molar-refractivity contribution in [1.82, 2.24) is 0 Å². The van der Waals surface area contributed by atoms with Gasteiger partial charge in [-0.15, -0.1) is 0 Å². The number of benzene rings is 2. The summed E-state index contributed by atoms with van der Waals surface area (Å²) in [6, 6.07) is 12.1. The van der Waals surface area contributed by atoms with E-state index in [1.807, 2.05) is 38.1 Å². The van der Waals surface area contributed by atoms with E-state index in [-0.39, 0.29) is 12.5 Å². The predicted molar refractivity (Wildman–Crippen MR) is 93.1 cm³/mol. The molecule has 3 rings (SSSR count). The van der Waals surface area contributed by atoms with E-state index in [9.17, 15) is 4.79 Å². The van der Waals surface area contributed by atoms with Crippen LogP contribution in [0.3, 0.4) is 0 Å². The minimum absolute atomic E-state index is 0.0454. The number of carbonyl (C=O) groups excluding carboxylic acids is 1. The third kappa shape index (κ3) is 3.73. The first-order valence-corrected chi connectivity index (χ1v) is 8.24. The van der Waals surface area contributed by atoms with Gasteiger partial charge in [-0.2, -0.15) is 0 Å². The van der Waals surface area contributed by atoms with Crippen LogP contribution in [0.4, 0.5) is 5.69 Å². The molecule has 2 aromatic carbocycles. The molecule has 3 heteroatoms. The van der Waals surface area contributed by atoms with E-state index in [1.54, 1.807) is 0 Å². The molecule has 1 aliphatic rings. The summed E-state index contributed by atoms with van der Waals surface area (Å²) < 4.78 is 5.79. The molecule has 0 saturated carbocycles. The second-order valence-electron chi connectivity index (χ2n) is 6.26. The van der Waals surface area contributed by atoms with Gasteiger partial charge in [-0.05, 0) is 68.4 Å². The topological polar surface area (TPSA) is 38.3 Å². The van der Waals surface area contributed by atoms with Crippen LogP contribution < -0.4 is 10.1 Å². The molecular weight excluding hydrogens is 286 g/mol. The Labute approximate surface area is 137 Å². The van der Waals surface area contributed by atoms with Crippen molar-refractivity contribution < 1.29 is 9.53 Å². The highest BCUT2D eigenvalue weighted by molar-refractivity contribution is 5.92. The molecule has 1 aliphatic carbocycles. The zero-order valence-electron chi connectivity index (χ0n) is 13.8. The summed E-state index contributed by atoms with van der Waals surface area (Å²) in [4.78, 5) is 12.2. The average molecular weight is 309 g/mol. The van der Waals surface area contributed by atoms with Crippen LogP contribution >= 0.6 is 0 Å². The lowest BCUT2D eigenvalue weighted by molar-refractivity contribution is -0.118. The van der Waals surface area contributed by atoms with Crippen LogP contribution in [0.5, 0.6) is 5.75 Å². The largest absolute Gasteiger partial charge is 0.483 e. The number of rotatable bonds is 4. The maximum absolute atomic E-state index is 12.2. The highest BCUT2D eigenvalue weighted by atomic mass is 16.5. The molecule has 0 fully saturated rings. The second-order valence-corrected chi connectivity index (χ2v) is 6.26. The number of nitrogens with one attached hydrogen (secondary N) is 1. The van der Waals surface area contributed by atoms with Gasteiger partial charge in [-0.3, -0.25) is 4.79 Å². The van der Waals surface area contributed by atoms with Crippen LogP contribution in [-0.4, -0.2) is 12.5 Å². The van der Waals surface area contributed by atoms with E-state index in [4.69, 9.17) is 4.74 Å². The summed E-state index contributed by atoms with van der Waals surface area (Å²) in [6.45, 7) is 4.08. The third-order valence-corrected chi connectivity index (χ3v) is 4.37. The molecule has 120 valence electrons. The number of ether oxygens (including phenoxy) is 1. The van der Waals surface area contributed by atoms with Gasteiger partial charge < -0.3 is 10.1 Å². The van der Waals surface area contributed by atoms with Gasteiger partial charge in [0.1, 0.15) is 5.75 Å². The highest BCUT2D eigenvalue weighted by Crippen LogP contribution is 2.29. The highest BCUT2D eigenvalue weighted by Gasteiger charge is 2.14. The molecule has 0 radical (unpaired) electrons. The zero-order valence-corrected chi connectivity index (χ0v) is 13.8. The zero-order chi connectivity index (χ0) is 16.2. The normalized spacial score (nSPS) is 13.3. The fourth-order valence-electron chi connectivity index (χ4n) is 3.16. The van der Waals surface area contributed by atoms with Gasteiger partial charge in [0.2, 0.25) is 0 Å². The number of hydrogen-bond donors (Lipinski definition) is 1. The van der Waals surface area contributed by atoms with Crippen molar-refractivity contribution in [3.05, 3.63) is 58.7 Å². The third-order valence-electron chi connectivity index (χ3n) is 4.37. The summed E-state index contributed by atoms with van der Waals surface area (Å²) in [7, 11) is 0. The van der Waals surface area contributed by atoms with Crippen LogP contribution in [-0.2, 0) is 17.6 Å². The van der Waals surface area contributed by atoms with E-state index in [0.717, 1.165) is 29.8 Å². The van der Waals surface area contributed by atoms with E-state index in [2.05, 4.69) is 17.4 Å². The van der Waals surface area contributed by atoms with Crippen LogP contribution in [0.25, 0.3) is 0 Å². The average Bonchev–Trinajstić information content (AvgIpc) is 2.55. The Morgan fingerprint density at radius 2 is 1.96 bits per heavy atom. The SMILES string of the molecule is Cc1ccc(NC(=O)COc2cccc3c2CCCC3)c(C)c1. The smallest absolute Gasteiger partial charge is 0.262 e. The Kier molecular flexibility index (Phi) is 4.65. The molecule has 23 heavy (non-hydrogen) atoms. The Morgan fingerprint density at radius 3 is 2.78 bits per heavy atom. The summed E-state index contributed by atoms with van der Waals surface area (Å²) in [5.74, 6) is 0.739. The maximum atomic E-state index is 12.2. The lowest BCUT2D eigenvalue weighted by Gasteiger charge is -2.19. The van der Waals surface area contributed by atoms with Gasteiger partial charge >= 0.3 is 0 Å². The Bertz CT molecular complexity index is 722. The van der Waals surface area contributed by atoms with E-state index in [1.165, 1.54) is 29.5 Å². The van der Waals surface area contributed by atoms with E-state index >= 15 is 0 Å². The van der Waals surface area contributed by atoms with E-state index in [0.29, 0.717) is 0 Å². The molecule has 0 bridgehead atoms. The molecule has 0 aromatic heterocycles. The minimum atomic E-state index is -0.120. The first-order chi connectivity index (χ1) is 11.1. The van der Waals surface area contributed by atoms with Crippen LogP contribution in [0.1, 0.15) is 35.1 Å². The quantitative estimate of drug-likeness (QED) is 0.919. The molecule has 0 heterocycles. The van der Waals surface area contributed by atoms with Crippen molar-refractivity contribution in [1.29, 1.82) is 0 Å². The molecule has 0 saturated heterocycles. The first-order valence-electron chi connectivity index (χ1n) is 8.24. The maximum Gasteiger partial charge on any atom is 0.262 e. The fraction of sp³-hybridized carbons (Fsp3) is 0.350. The van der Waals surface area contributed by atoms with Crippen molar-refractivity contribution >= 4 is 11.6 Å². The number of anilines is 1. The number of hydrogen-bond acceptors (Lipinski definition) is 2. The number of aryl methyl sites for hydroxylation is 3. The molecule has 0 aliphatic heterocycles. The first kappa shape index (κ1) is 15.6. The Morgan fingerprint density at radius 1 is 1.13 bits per heavy atom. The molecule has 0 spiro atoms. The van der Waals surface area contributed by atoms with Gasteiger partial charge in [-0.1, -0.05) is 29.8 Å². The van der Waals surface area contributed by atoms with Gasteiger partial charge in [0.25, 0.3) is 5.91 Å². The van der Waals surface area contributed by atoms with Gasteiger partial charge in [0, 0.05) is 5.69 Å². The molecule has 0 atom stereocenters. The fourth-order valence-corrected chi connectivity index (χ4v) is 3.16. The summed E-state index contributed by atoms with van der Waals surface area (Å²) in [5.41, 5.74) is 5.74. The van der Waals surface area contributed by atoms with Gasteiger partial charge in [-0.25, -0.2) is 0 Å². The molecule has 1 amide bonds. The van der Waals surface area contributed by atoms with Gasteiger partial charge in [0.15, 0.2) is 6.61 Å². The summed E-state index contributed by atoms with van der Waals surface area (Å²) in [5, 5.41) is 2.92. The Balaban J connectivity index is 1.63. The van der Waals surface area contributed by atoms with Gasteiger partial charge in [0.05, 0.1) is 0 Å². The lowest BCUT2D eigenvalue weighted by Crippen LogP contribution is -2.21. The molecule has 2 aromatic rings. The molecule has 3 nitrogen and oxygen atoms in total. The Hall–Kier alpha value is -2.29. The van der Waals surface area contributed by atoms with Crippen LogP contribution in [0, 0.1) is 13.8 Å². The standard InChI is InChI=1S/C20H23NO2/c1-14-10-11-18(15(2)12-14)21-20(22)13-23-19-9-5-7-16-6-3-4-8-17(16)19/h5,7,9-12H,3-4,6,8,13H2,1-2H3,(H,21,22). The number of fused-ring (bicyclic) bond motifs is 1. The van der Waals surface area contributed by atoms with Crippen LogP contribution in [0.15, 0.2) is 36.4 Å². The molecule has 0 unspecified atom stereocenters. The van der Waals surface area contributed by atoms with Crippen molar-refractivity contribution in [2.45, 2.75) is 39.5 Å². The number of amides is 1. The summed E-state index contributed by atoms with van der Waals surface area (Å²) >= 11 is 0. The number of carbonyl (C=O) groups is 1. The lowest BCUT2D eigenvalue weighted by atomic mass is 9.91. The van der Waals surface area contributed by atoms with Crippen molar-refractivity contribution in [2.75, 3.05) is 11.9 Å².